The summed E-state index contributed by atoms with van der Waals surface area (Å²) < 4.78 is 2.05. The number of benzene rings is 1. The predicted octanol–water partition coefficient (Wildman–Crippen LogP) is 3.83. The number of rotatable bonds is 4. The molecule has 0 saturated heterocycles. The van der Waals surface area contributed by atoms with Gasteiger partial charge in [0, 0.05) is 11.8 Å². The van der Waals surface area contributed by atoms with Crippen LogP contribution < -0.4 is 5.32 Å². The molecule has 1 aromatic carbocycles. The Bertz CT molecular complexity index is 876. The number of fused-ring (bicyclic) bond motifs is 3. The Morgan fingerprint density at radius 2 is 2.18 bits per heavy atom. The molecule has 0 fully saturated rings. The fraction of sp³-hybridized carbons (Fsp3) is 0.294. The molecule has 2 aromatic heterocycles. The molecule has 22 heavy (non-hydrogen) atoms. The van der Waals surface area contributed by atoms with Crippen molar-refractivity contribution in [1.29, 1.82) is 5.26 Å². The van der Waals surface area contributed by atoms with Gasteiger partial charge in [-0.2, -0.15) is 17.0 Å². The van der Waals surface area contributed by atoms with Crippen molar-refractivity contribution in [3.8, 4) is 6.07 Å². The van der Waals surface area contributed by atoms with E-state index in [0.717, 1.165) is 33.8 Å². The highest BCUT2D eigenvalue weighted by molar-refractivity contribution is 7.98. The minimum atomic E-state index is 0.340. The number of nitriles is 1. The molecule has 0 spiro atoms. The summed E-state index contributed by atoms with van der Waals surface area (Å²) in [6, 6.07) is 12.7. The molecular weight excluding hydrogens is 292 g/mol. The third kappa shape index (κ3) is 2.40. The summed E-state index contributed by atoms with van der Waals surface area (Å²) in [6.45, 7) is 4.12. The first-order valence-electron chi connectivity index (χ1n) is 7.22. The molecule has 1 unspecified atom stereocenters. The molecule has 112 valence electrons. The maximum absolute atomic E-state index is 9.47. The molecule has 2 heterocycles. The van der Waals surface area contributed by atoms with Gasteiger partial charge in [0.15, 0.2) is 5.65 Å². The molecule has 0 saturated carbocycles. The molecule has 0 aliphatic rings. The normalized spacial score (nSPS) is 12.5. The van der Waals surface area contributed by atoms with E-state index < -0.39 is 0 Å². The number of thioether (sulfide) groups is 1. The highest BCUT2D eigenvalue weighted by Gasteiger charge is 2.15. The minimum absolute atomic E-state index is 0.340. The lowest BCUT2D eigenvalue weighted by molar-refractivity contribution is 0.897. The molecule has 1 N–H and O–H groups in total. The van der Waals surface area contributed by atoms with Gasteiger partial charge >= 0.3 is 0 Å². The molecule has 0 bridgehead atoms. The first-order chi connectivity index (χ1) is 10.7. The van der Waals surface area contributed by atoms with Crippen LogP contribution in [0.25, 0.3) is 16.7 Å². The molecule has 1 atom stereocenters. The van der Waals surface area contributed by atoms with Gasteiger partial charge in [-0.15, -0.1) is 0 Å². The molecule has 0 aliphatic carbocycles. The number of hydrogen-bond donors (Lipinski definition) is 1. The number of para-hydroxylation sites is 2. The van der Waals surface area contributed by atoms with E-state index in [0.29, 0.717) is 11.6 Å². The van der Waals surface area contributed by atoms with Gasteiger partial charge < -0.3 is 5.32 Å². The van der Waals surface area contributed by atoms with E-state index in [-0.39, 0.29) is 0 Å². The zero-order chi connectivity index (χ0) is 15.7. The van der Waals surface area contributed by atoms with Gasteiger partial charge in [-0.3, -0.25) is 4.40 Å². The van der Waals surface area contributed by atoms with E-state index in [1.54, 1.807) is 0 Å². The van der Waals surface area contributed by atoms with Crippen molar-refractivity contribution in [2.24, 2.45) is 0 Å². The average molecular weight is 310 g/mol. The molecule has 0 radical (unpaired) electrons. The molecular formula is C17H18N4S. The van der Waals surface area contributed by atoms with E-state index >= 15 is 0 Å². The number of pyridine rings is 1. The van der Waals surface area contributed by atoms with Crippen LogP contribution >= 0.6 is 11.8 Å². The average Bonchev–Trinajstić information content (AvgIpc) is 2.87. The van der Waals surface area contributed by atoms with Crippen molar-refractivity contribution in [2.45, 2.75) is 19.9 Å². The largest absolute Gasteiger partial charge is 0.368 e. The topological polar surface area (TPSA) is 53.1 Å². The Balaban J connectivity index is 2.29. The number of nitrogens with zero attached hydrogens (tertiary/aromatic N) is 3. The second-order valence-corrected chi connectivity index (χ2v) is 6.37. The molecule has 5 heteroatoms. The third-order valence-electron chi connectivity index (χ3n) is 3.70. The van der Waals surface area contributed by atoms with Gasteiger partial charge in [-0.1, -0.05) is 12.1 Å². The van der Waals surface area contributed by atoms with Gasteiger partial charge in [-0.05, 0) is 43.9 Å². The van der Waals surface area contributed by atoms with Crippen molar-refractivity contribution in [1.82, 2.24) is 9.38 Å². The first kappa shape index (κ1) is 14.7. The number of anilines is 1. The van der Waals surface area contributed by atoms with Crippen LogP contribution in [0.15, 0.2) is 30.3 Å². The van der Waals surface area contributed by atoms with E-state index in [2.05, 4.69) is 34.0 Å². The lowest BCUT2D eigenvalue weighted by Gasteiger charge is -2.17. The van der Waals surface area contributed by atoms with Gasteiger partial charge in [0.1, 0.15) is 11.9 Å². The summed E-state index contributed by atoms with van der Waals surface area (Å²) in [4.78, 5) is 4.66. The van der Waals surface area contributed by atoms with Crippen molar-refractivity contribution in [3.05, 3.63) is 41.5 Å². The van der Waals surface area contributed by atoms with E-state index in [4.69, 9.17) is 0 Å². The summed E-state index contributed by atoms with van der Waals surface area (Å²) >= 11 is 1.81. The van der Waals surface area contributed by atoms with E-state index in [1.165, 1.54) is 0 Å². The summed E-state index contributed by atoms with van der Waals surface area (Å²) in [7, 11) is 0. The summed E-state index contributed by atoms with van der Waals surface area (Å²) in [5.74, 6) is 2.01. The second kappa shape index (κ2) is 5.90. The lowest BCUT2D eigenvalue weighted by Crippen LogP contribution is -2.20. The first-order valence-corrected chi connectivity index (χ1v) is 8.61. The van der Waals surface area contributed by atoms with Crippen LogP contribution in [0.4, 0.5) is 5.82 Å². The quantitative estimate of drug-likeness (QED) is 0.795. The zero-order valence-electron chi connectivity index (χ0n) is 12.9. The molecule has 0 aliphatic heterocycles. The van der Waals surface area contributed by atoms with Crippen LogP contribution in [0.3, 0.4) is 0 Å². The maximum atomic E-state index is 9.47. The van der Waals surface area contributed by atoms with Crippen LogP contribution in [0, 0.1) is 18.3 Å². The summed E-state index contributed by atoms with van der Waals surface area (Å²) in [5, 5.41) is 13.0. The zero-order valence-corrected chi connectivity index (χ0v) is 13.7. The van der Waals surface area contributed by atoms with Crippen LogP contribution in [0.5, 0.6) is 0 Å². The standard InChI is InChI=1S/C17H18N4S/c1-11-8-16(19-12(2)10-22-3)21-15-7-5-4-6-14(15)20-17(21)13(11)9-18/h4-8,12,19H,10H2,1-3H3. The van der Waals surface area contributed by atoms with Gasteiger partial charge in [0.25, 0.3) is 0 Å². The van der Waals surface area contributed by atoms with Crippen molar-refractivity contribution < 1.29 is 0 Å². The minimum Gasteiger partial charge on any atom is -0.368 e. The number of aryl methyl sites for hydroxylation is 1. The predicted molar refractivity (Wildman–Crippen MR) is 93.6 cm³/mol. The number of aromatic nitrogens is 2. The molecule has 4 nitrogen and oxygen atoms in total. The molecule has 3 aromatic rings. The molecule has 0 amide bonds. The monoisotopic (exact) mass is 310 g/mol. The summed E-state index contributed by atoms with van der Waals surface area (Å²) in [5.41, 5.74) is 4.24. The number of nitrogens with one attached hydrogen (secondary N) is 1. The Labute approximate surface area is 134 Å². The van der Waals surface area contributed by atoms with Crippen molar-refractivity contribution in [2.75, 3.05) is 17.3 Å². The van der Waals surface area contributed by atoms with Crippen LogP contribution in [0.2, 0.25) is 0 Å². The fourth-order valence-electron chi connectivity index (χ4n) is 2.74. The van der Waals surface area contributed by atoms with Crippen LogP contribution in [0.1, 0.15) is 18.1 Å². The third-order valence-corrected chi connectivity index (χ3v) is 4.53. The molecule has 3 rings (SSSR count). The lowest BCUT2D eigenvalue weighted by atomic mass is 10.1. The smallest absolute Gasteiger partial charge is 0.157 e. The SMILES string of the molecule is CSCC(C)Nc1cc(C)c(C#N)c2nc3ccccc3n12. The number of imidazole rings is 1. The highest BCUT2D eigenvalue weighted by Crippen LogP contribution is 2.27. The van der Waals surface area contributed by atoms with Crippen LogP contribution in [-0.4, -0.2) is 27.4 Å². The van der Waals surface area contributed by atoms with E-state index in [1.807, 2.05) is 49.0 Å². The Hall–Kier alpha value is -2.19. The van der Waals surface area contributed by atoms with Crippen LogP contribution in [-0.2, 0) is 0 Å². The van der Waals surface area contributed by atoms with Gasteiger partial charge in [0.2, 0.25) is 0 Å². The van der Waals surface area contributed by atoms with Crippen molar-refractivity contribution >= 4 is 34.3 Å². The fourth-order valence-corrected chi connectivity index (χ4v) is 3.33. The van der Waals surface area contributed by atoms with Crippen molar-refractivity contribution in [3.63, 3.8) is 0 Å². The van der Waals surface area contributed by atoms with Gasteiger partial charge in [-0.25, -0.2) is 4.98 Å². The second-order valence-electron chi connectivity index (χ2n) is 5.46. The maximum Gasteiger partial charge on any atom is 0.157 e. The van der Waals surface area contributed by atoms with E-state index in [9.17, 15) is 5.26 Å². The number of hydrogen-bond acceptors (Lipinski definition) is 4. The Kier molecular flexibility index (Phi) is 3.95. The Morgan fingerprint density at radius 1 is 1.41 bits per heavy atom. The Morgan fingerprint density at radius 3 is 2.91 bits per heavy atom. The highest BCUT2D eigenvalue weighted by atomic mass is 32.2. The summed E-state index contributed by atoms with van der Waals surface area (Å²) in [6.07, 6.45) is 2.10. The van der Waals surface area contributed by atoms with Gasteiger partial charge in [0.05, 0.1) is 16.6 Å².